The molecular formula is C40H67NO9Si2. The highest BCUT2D eigenvalue weighted by Crippen LogP contribution is 2.43. The number of nitrogens with zero attached hydrogens (tertiary/aromatic N) is 1. The van der Waals surface area contributed by atoms with E-state index in [1.165, 1.54) is 0 Å². The summed E-state index contributed by atoms with van der Waals surface area (Å²) in [6.45, 7) is 22.3. The van der Waals surface area contributed by atoms with Gasteiger partial charge < -0.3 is 37.3 Å². The number of aliphatic hydroxyl groups is 1. The summed E-state index contributed by atoms with van der Waals surface area (Å²) in [5, 5.41) is 11.4. The lowest BCUT2D eigenvalue weighted by Gasteiger charge is -2.41. The van der Waals surface area contributed by atoms with E-state index in [0.29, 0.717) is 74.1 Å². The smallest absolute Gasteiger partial charge is 0.219 e. The second-order valence-electron chi connectivity index (χ2n) is 15.9. The van der Waals surface area contributed by atoms with Crippen LogP contribution in [0, 0.1) is 0 Å². The molecule has 2 saturated heterocycles. The van der Waals surface area contributed by atoms with Gasteiger partial charge in [-0.1, -0.05) is 92.6 Å². The van der Waals surface area contributed by atoms with Crippen LogP contribution in [0.25, 0.3) is 0 Å². The van der Waals surface area contributed by atoms with Crippen molar-refractivity contribution in [2.75, 3.05) is 19.8 Å². The second-order valence-corrected chi connectivity index (χ2v) is 26.0. The molecule has 0 unspecified atom stereocenters. The van der Waals surface area contributed by atoms with Gasteiger partial charge in [-0.05, 0) is 40.3 Å². The van der Waals surface area contributed by atoms with Gasteiger partial charge in [0.1, 0.15) is 24.3 Å². The van der Waals surface area contributed by atoms with Gasteiger partial charge in [0.2, 0.25) is 14.2 Å². The molecule has 12 heteroatoms. The molecule has 0 saturated carbocycles. The molecule has 52 heavy (non-hydrogen) atoms. The number of Topliss-reactive ketones (excluding diaryl/α,β-unsaturated/α-hetero) is 1. The first kappa shape index (κ1) is 43.0. The van der Waals surface area contributed by atoms with E-state index in [-0.39, 0.29) is 31.1 Å². The summed E-state index contributed by atoms with van der Waals surface area (Å²) in [6.07, 6.45) is 0.964. The summed E-state index contributed by atoms with van der Waals surface area (Å²) in [5.74, 6) is -0.329. The van der Waals surface area contributed by atoms with Crippen molar-refractivity contribution in [1.29, 1.82) is 0 Å². The third-order valence-electron chi connectivity index (χ3n) is 11.5. The lowest BCUT2D eigenvalue weighted by atomic mass is 9.93. The van der Waals surface area contributed by atoms with Crippen LogP contribution in [0.4, 0.5) is 0 Å². The van der Waals surface area contributed by atoms with Crippen LogP contribution >= 0.6 is 0 Å². The van der Waals surface area contributed by atoms with Crippen molar-refractivity contribution in [3.8, 4) is 0 Å². The highest BCUT2D eigenvalue weighted by atomic mass is 28.4. The van der Waals surface area contributed by atoms with Crippen LogP contribution in [-0.4, -0.2) is 76.4 Å². The van der Waals surface area contributed by atoms with Gasteiger partial charge in [0.15, 0.2) is 14.1 Å². The highest BCUT2D eigenvalue weighted by Gasteiger charge is 2.47. The topological polar surface area (TPSA) is 119 Å². The minimum absolute atomic E-state index is 0.0123. The lowest BCUT2D eigenvalue weighted by Crippen LogP contribution is -2.48. The first-order valence-electron chi connectivity index (χ1n) is 19.8. The predicted molar refractivity (Wildman–Crippen MR) is 207 cm³/mol. The number of oxazole rings is 1. The third-order valence-corrected chi connectivity index (χ3v) is 22.2. The van der Waals surface area contributed by atoms with Gasteiger partial charge in [-0.15, -0.1) is 0 Å². The van der Waals surface area contributed by atoms with Crippen molar-refractivity contribution in [2.24, 2.45) is 0 Å². The fourth-order valence-corrected chi connectivity index (χ4v) is 16.9. The number of hydrogen-bond acceptors (Lipinski definition) is 10. The van der Waals surface area contributed by atoms with E-state index in [1.807, 2.05) is 30.3 Å². The van der Waals surface area contributed by atoms with Crippen molar-refractivity contribution < 1.29 is 42.1 Å². The summed E-state index contributed by atoms with van der Waals surface area (Å²) in [7, 11) is -4.23. The SMILES string of the molecule is CC[Si](CC)(CC)O[C@H](C[C@@H](O)CC(=O)C[C@H]1CC2(C[C@H](COCc3ccccc3)O1)OCCO2)c1coc(CO[Si](C(C)C)(C(C)C)C(C)C)n1. The average molecular weight is 762 g/mol. The number of aliphatic hydroxyl groups excluding tert-OH is 1. The Balaban J connectivity index is 1.41. The Morgan fingerprint density at radius 2 is 1.54 bits per heavy atom. The third kappa shape index (κ3) is 11.2. The lowest BCUT2D eigenvalue weighted by molar-refractivity contribution is -0.247. The van der Waals surface area contributed by atoms with Crippen LogP contribution in [0.1, 0.15) is 118 Å². The van der Waals surface area contributed by atoms with Gasteiger partial charge in [-0.25, -0.2) is 4.98 Å². The molecule has 0 radical (unpaired) electrons. The molecule has 1 aromatic heterocycles. The van der Waals surface area contributed by atoms with Gasteiger partial charge >= 0.3 is 0 Å². The number of hydrogen-bond donors (Lipinski definition) is 1. The monoisotopic (exact) mass is 761 g/mol. The summed E-state index contributed by atoms with van der Waals surface area (Å²) in [4.78, 5) is 18.4. The maximum atomic E-state index is 13.5. The molecule has 10 nitrogen and oxygen atoms in total. The number of ketones is 1. The molecule has 0 aliphatic carbocycles. The molecule has 2 aliphatic rings. The number of aromatic nitrogens is 1. The molecule has 2 aromatic rings. The molecule has 0 amide bonds. The van der Waals surface area contributed by atoms with E-state index in [4.69, 9.17) is 37.2 Å². The maximum Gasteiger partial charge on any atom is 0.219 e. The van der Waals surface area contributed by atoms with E-state index in [9.17, 15) is 9.90 Å². The van der Waals surface area contributed by atoms with Gasteiger partial charge in [-0.2, -0.15) is 0 Å². The molecule has 1 aromatic carbocycles. The first-order chi connectivity index (χ1) is 24.8. The largest absolute Gasteiger partial charge is 0.446 e. The van der Waals surface area contributed by atoms with Crippen molar-refractivity contribution in [1.82, 2.24) is 4.98 Å². The highest BCUT2D eigenvalue weighted by molar-refractivity contribution is 6.77. The van der Waals surface area contributed by atoms with Crippen LogP contribution in [0.2, 0.25) is 34.8 Å². The Kier molecular flexibility index (Phi) is 16.3. The summed E-state index contributed by atoms with van der Waals surface area (Å²) < 4.78 is 44.2. The van der Waals surface area contributed by atoms with Crippen LogP contribution in [0.15, 0.2) is 41.0 Å². The Morgan fingerprint density at radius 3 is 2.13 bits per heavy atom. The van der Waals surface area contributed by atoms with Crippen molar-refractivity contribution in [3.05, 3.63) is 53.7 Å². The summed E-state index contributed by atoms with van der Waals surface area (Å²) >= 11 is 0. The molecule has 2 aliphatic heterocycles. The zero-order chi connectivity index (χ0) is 37.9. The van der Waals surface area contributed by atoms with Crippen molar-refractivity contribution >= 4 is 22.4 Å². The molecule has 3 heterocycles. The zero-order valence-corrected chi connectivity index (χ0v) is 35.4. The molecule has 4 atom stereocenters. The van der Waals surface area contributed by atoms with Gasteiger partial charge in [0.05, 0.1) is 50.8 Å². The standard InChI is InChI=1S/C40H67NO9Si2/c1-10-51(11-2,12-3)50-38(37-27-45-39(41-37)28-48-52(29(4)5,30(6)7)31(8)9)22-34(43)20-33(42)21-35-23-40(46-18-19-47-40)24-36(49-35)26-44-25-32-16-14-13-15-17-32/h13-17,27,29-31,34-36,38,43H,10-12,18-26,28H2,1-9H3/t34-,35-,36+,38+/m0/s1. The van der Waals surface area contributed by atoms with E-state index < -0.39 is 40.7 Å². The Morgan fingerprint density at radius 1 is 0.923 bits per heavy atom. The Bertz CT molecular complexity index is 1310. The van der Waals surface area contributed by atoms with Crippen LogP contribution in [0.5, 0.6) is 0 Å². The molecule has 0 bridgehead atoms. The molecule has 1 N–H and O–H groups in total. The number of carbonyl (C=O) groups excluding carboxylic acids is 1. The van der Waals surface area contributed by atoms with E-state index >= 15 is 0 Å². The van der Waals surface area contributed by atoms with Gasteiger partial charge in [0, 0.05) is 32.1 Å². The summed E-state index contributed by atoms with van der Waals surface area (Å²) in [5.41, 5.74) is 3.06. The molecule has 2 fully saturated rings. The van der Waals surface area contributed by atoms with Gasteiger partial charge in [-0.3, -0.25) is 4.79 Å². The van der Waals surface area contributed by atoms with Crippen molar-refractivity contribution in [3.63, 3.8) is 0 Å². The Labute approximate surface area is 314 Å². The molecule has 1 spiro atoms. The van der Waals surface area contributed by atoms with E-state index in [2.05, 4.69) is 62.3 Å². The first-order valence-corrected chi connectivity index (χ1v) is 24.5. The quantitative estimate of drug-likeness (QED) is 0.117. The predicted octanol–water partition coefficient (Wildman–Crippen LogP) is 9.04. The second kappa shape index (κ2) is 19.7. The molecule has 294 valence electrons. The molecular weight excluding hydrogens is 695 g/mol. The number of ether oxygens (including phenoxy) is 4. The number of rotatable bonds is 22. The molecule has 4 rings (SSSR count). The summed E-state index contributed by atoms with van der Waals surface area (Å²) in [6, 6.07) is 12.9. The van der Waals surface area contributed by atoms with Gasteiger partial charge in [0.25, 0.3) is 0 Å². The number of benzene rings is 1. The minimum atomic E-state index is -2.12. The number of carbonyl (C=O) groups is 1. The van der Waals surface area contributed by atoms with Crippen LogP contribution < -0.4 is 0 Å². The van der Waals surface area contributed by atoms with Crippen molar-refractivity contribution in [2.45, 2.75) is 173 Å². The van der Waals surface area contributed by atoms with E-state index in [1.54, 1.807) is 6.26 Å². The van der Waals surface area contributed by atoms with Crippen LogP contribution in [-0.2, 0) is 45.8 Å². The minimum Gasteiger partial charge on any atom is -0.446 e. The fraction of sp³-hybridized carbons (Fsp3) is 0.750. The normalized spacial score (nSPS) is 20.7. The Hall–Kier alpha value is -1.75. The van der Waals surface area contributed by atoms with E-state index in [0.717, 1.165) is 23.7 Å². The van der Waals surface area contributed by atoms with Crippen LogP contribution in [0.3, 0.4) is 0 Å². The average Bonchev–Trinajstić information content (AvgIpc) is 3.76. The maximum absolute atomic E-state index is 13.5. The zero-order valence-electron chi connectivity index (χ0n) is 33.4. The fourth-order valence-electron chi connectivity index (χ4n) is 8.67.